The fraction of sp³-hybridized carbons (Fsp3) is 0.294. The average Bonchev–Trinajstić information content (AvgIpc) is 3.40. The molecule has 0 amide bonds. The molecule has 0 radical (unpaired) electrons. The number of hydrogen-bond donors (Lipinski definition) is 1. The van der Waals surface area contributed by atoms with Gasteiger partial charge < -0.3 is 0 Å². The molecule has 0 unspecified atom stereocenters. The van der Waals surface area contributed by atoms with Gasteiger partial charge in [0, 0.05) is 25.2 Å². The predicted octanol–water partition coefficient (Wildman–Crippen LogP) is 2.09. The van der Waals surface area contributed by atoms with Crippen molar-refractivity contribution in [2.24, 2.45) is 0 Å². The summed E-state index contributed by atoms with van der Waals surface area (Å²) in [5.41, 5.74) is 0.256. The van der Waals surface area contributed by atoms with Crippen LogP contribution in [-0.2, 0) is 26.6 Å². The zero-order chi connectivity index (χ0) is 18.9. The fourth-order valence-electron chi connectivity index (χ4n) is 2.41. The van der Waals surface area contributed by atoms with Crippen LogP contribution < -0.4 is 4.72 Å². The number of nitrogens with zero attached hydrogens (tertiary/aromatic N) is 1. The molecule has 0 aromatic heterocycles. The van der Waals surface area contributed by atoms with Gasteiger partial charge in [0.2, 0.25) is 20.0 Å². The Morgan fingerprint density at radius 3 is 2.15 bits per heavy atom. The van der Waals surface area contributed by atoms with Crippen molar-refractivity contribution < 1.29 is 21.2 Å². The van der Waals surface area contributed by atoms with Crippen molar-refractivity contribution in [1.82, 2.24) is 9.03 Å². The van der Waals surface area contributed by atoms with Crippen molar-refractivity contribution in [1.29, 1.82) is 0 Å². The van der Waals surface area contributed by atoms with Crippen LogP contribution in [0.4, 0.5) is 4.39 Å². The molecule has 1 N–H and O–H groups in total. The number of rotatable bonds is 7. The van der Waals surface area contributed by atoms with Gasteiger partial charge >= 0.3 is 0 Å². The van der Waals surface area contributed by atoms with E-state index < -0.39 is 25.9 Å². The van der Waals surface area contributed by atoms with Gasteiger partial charge in [0.05, 0.1) is 9.79 Å². The average molecular weight is 398 g/mol. The standard InChI is InChI=1S/C17H19FN2O4S2/c1-20(12-13-4-2-3-5-17(13)18)26(23,24)16-10-8-15(9-11-16)25(21,22)19-14-6-7-14/h2-5,8-11,14,19H,6-7,12H2,1H3. The Hall–Kier alpha value is -1.81. The van der Waals surface area contributed by atoms with Gasteiger partial charge in [0.1, 0.15) is 5.82 Å². The Labute approximate surface area is 152 Å². The van der Waals surface area contributed by atoms with Crippen LogP contribution in [0.15, 0.2) is 58.3 Å². The van der Waals surface area contributed by atoms with E-state index in [0.717, 1.165) is 17.1 Å². The monoisotopic (exact) mass is 398 g/mol. The van der Waals surface area contributed by atoms with Crippen LogP contribution in [0.25, 0.3) is 0 Å². The molecule has 2 aromatic carbocycles. The van der Waals surface area contributed by atoms with Crippen molar-refractivity contribution in [2.45, 2.75) is 35.2 Å². The maximum absolute atomic E-state index is 13.7. The summed E-state index contributed by atoms with van der Waals surface area (Å²) in [6.07, 6.45) is 1.62. The van der Waals surface area contributed by atoms with E-state index in [4.69, 9.17) is 0 Å². The van der Waals surface area contributed by atoms with E-state index in [-0.39, 0.29) is 27.9 Å². The normalized spacial score (nSPS) is 15.3. The molecule has 140 valence electrons. The van der Waals surface area contributed by atoms with E-state index in [2.05, 4.69) is 4.72 Å². The fourth-order valence-corrected chi connectivity index (χ4v) is 4.86. The highest BCUT2D eigenvalue weighted by Gasteiger charge is 2.28. The van der Waals surface area contributed by atoms with E-state index in [1.807, 2.05) is 0 Å². The molecular weight excluding hydrogens is 379 g/mol. The molecule has 2 aromatic rings. The van der Waals surface area contributed by atoms with E-state index >= 15 is 0 Å². The third-order valence-electron chi connectivity index (χ3n) is 4.09. The molecule has 0 saturated heterocycles. The summed E-state index contributed by atoms with van der Waals surface area (Å²) >= 11 is 0. The first-order valence-electron chi connectivity index (χ1n) is 8.02. The summed E-state index contributed by atoms with van der Waals surface area (Å²) in [7, 11) is -6.17. The second kappa shape index (κ2) is 7.07. The van der Waals surface area contributed by atoms with Gasteiger partial charge in [-0.25, -0.2) is 25.9 Å². The molecule has 0 heterocycles. The smallest absolute Gasteiger partial charge is 0.208 e. The van der Waals surface area contributed by atoms with Gasteiger partial charge in [-0.1, -0.05) is 18.2 Å². The minimum absolute atomic E-state index is 0.0140. The Morgan fingerprint density at radius 1 is 1.00 bits per heavy atom. The number of nitrogens with one attached hydrogen (secondary N) is 1. The number of sulfonamides is 2. The molecule has 26 heavy (non-hydrogen) atoms. The summed E-state index contributed by atoms with van der Waals surface area (Å²) in [5, 5.41) is 0. The lowest BCUT2D eigenvalue weighted by Crippen LogP contribution is -2.27. The Morgan fingerprint density at radius 2 is 1.58 bits per heavy atom. The number of halogens is 1. The van der Waals surface area contributed by atoms with Crippen molar-refractivity contribution >= 4 is 20.0 Å². The predicted molar refractivity (Wildman–Crippen MR) is 94.8 cm³/mol. The number of benzene rings is 2. The van der Waals surface area contributed by atoms with Crippen LogP contribution in [-0.4, -0.2) is 34.2 Å². The van der Waals surface area contributed by atoms with E-state index in [9.17, 15) is 21.2 Å². The minimum Gasteiger partial charge on any atom is -0.208 e. The molecule has 1 fully saturated rings. The Kier molecular flexibility index (Phi) is 5.16. The highest BCUT2D eigenvalue weighted by Crippen LogP contribution is 2.24. The van der Waals surface area contributed by atoms with Crippen LogP contribution in [0, 0.1) is 5.82 Å². The molecule has 0 bridgehead atoms. The molecular formula is C17H19FN2O4S2. The first-order chi connectivity index (χ1) is 12.2. The molecule has 0 aliphatic heterocycles. The maximum Gasteiger partial charge on any atom is 0.243 e. The first kappa shape index (κ1) is 19.0. The zero-order valence-corrected chi connectivity index (χ0v) is 15.7. The molecule has 1 aliphatic rings. The van der Waals surface area contributed by atoms with Gasteiger partial charge in [-0.3, -0.25) is 0 Å². The SMILES string of the molecule is CN(Cc1ccccc1F)S(=O)(=O)c1ccc(S(=O)(=O)NC2CC2)cc1. The molecule has 0 atom stereocenters. The second-order valence-corrected chi connectivity index (χ2v) is 9.98. The van der Waals surface area contributed by atoms with Crippen LogP contribution in [0.3, 0.4) is 0 Å². The quantitative estimate of drug-likeness (QED) is 0.774. The highest BCUT2D eigenvalue weighted by molar-refractivity contribution is 7.89. The van der Waals surface area contributed by atoms with Gasteiger partial charge in [-0.15, -0.1) is 0 Å². The lowest BCUT2D eigenvalue weighted by Gasteiger charge is -2.18. The molecule has 9 heteroatoms. The Bertz CT molecular complexity index is 1000. The van der Waals surface area contributed by atoms with Crippen LogP contribution in [0.5, 0.6) is 0 Å². The topological polar surface area (TPSA) is 83.6 Å². The second-order valence-electron chi connectivity index (χ2n) is 6.22. The van der Waals surface area contributed by atoms with E-state index in [1.165, 1.54) is 49.5 Å². The lowest BCUT2D eigenvalue weighted by atomic mass is 10.2. The molecule has 0 spiro atoms. The molecule has 1 saturated carbocycles. The third-order valence-corrected chi connectivity index (χ3v) is 7.45. The van der Waals surface area contributed by atoms with Gasteiger partial charge in [0.15, 0.2) is 0 Å². The summed E-state index contributed by atoms with van der Waals surface area (Å²) in [5.74, 6) is -0.484. The van der Waals surface area contributed by atoms with Crippen molar-refractivity contribution in [3.8, 4) is 0 Å². The van der Waals surface area contributed by atoms with Crippen LogP contribution >= 0.6 is 0 Å². The summed E-state index contributed by atoms with van der Waals surface area (Å²) in [6, 6.07) is 10.9. The summed E-state index contributed by atoms with van der Waals surface area (Å²) in [6.45, 7) is -0.127. The summed E-state index contributed by atoms with van der Waals surface area (Å²) in [4.78, 5) is -0.0400. The number of hydrogen-bond acceptors (Lipinski definition) is 4. The van der Waals surface area contributed by atoms with Crippen LogP contribution in [0.2, 0.25) is 0 Å². The van der Waals surface area contributed by atoms with Crippen molar-refractivity contribution in [3.05, 3.63) is 59.9 Å². The van der Waals surface area contributed by atoms with E-state index in [0.29, 0.717) is 0 Å². The maximum atomic E-state index is 13.7. The minimum atomic E-state index is -3.88. The van der Waals surface area contributed by atoms with Gasteiger partial charge in [-0.2, -0.15) is 4.31 Å². The summed E-state index contributed by atoms with van der Waals surface area (Å²) < 4.78 is 66.9. The van der Waals surface area contributed by atoms with Crippen molar-refractivity contribution in [3.63, 3.8) is 0 Å². The largest absolute Gasteiger partial charge is 0.243 e. The molecule has 1 aliphatic carbocycles. The molecule has 6 nitrogen and oxygen atoms in total. The van der Waals surface area contributed by atoms with Gasteiger partial charge in [0.25, 0.3) is 0 Å². The van der Waals surface area contributed by atoms with E-state index in [1.54, 1.807) is 6.07 Å². The molecule has 3 rings (SSSR count). The lowest BCUT2D eigenvalue weighted by molar-refractivity contribution is 0.456. The highest BCUT2D eigenvalue weighted by atomic mass is 32.2. The Balaban J connectivity index is 1.79. The van der Waals surface area contributed by atoms with Gasteiger partial charge in [-0.05, 0) is 43.2 Å². The first-order valence-corrected chi connectivity index (χ1v) is 10.9. The third kappa shape index (κ3) is 4.12. The van der Waals surface area contributed by atoms with Crippen LogP contribution in [0.1, 0.15) is 18.4 Å². The zero-order valence-electron chi connectivity index (χ0n) is 14.1. The van der Waals surface area contributed by atoms with Crippen molar-refractivity contribution in [2.75, 3.05) is 7.05 Å².